The molecule has 0 saturated carbocycles. The summed E-state index contributed by atoms with van der Waals surface area (Å²) in [6.45, 7) is 3.38. The van der Waals surface area contributed by atoms with Crippen molar-refractivity contribution in [2.24, 2.45) is 0 Å². The van der Waals surface area contributed by atoms with Gasteiger partial charge in [0, 0.05) is 6.54 Å². The van der Waals surface area contributed by atoms with Crippen LogP contribution in [0, 0.1) is 0 Å². The highest BCUT2D eigenvalue weighted by atomic mass is 127. The molecule has 0 saturated heterocycles. The first-order valence-electron chi connectivity index (χ1n) is 8.15. The second-order valence-electron chi connectivity index (χ2n) is 5.53. The van der Waals surface area contributed by atoms with E-state index >= 15 is 0 Å². The lowest BCUT2D eigenvalue weighted by Crippen LogP contribution is -2.33. The van der Waals surface area contributed by atoms with Gasteiger partial charge in [-0.25, -0.2) is 4.79 Å². The Morgan fingerprint density at radius 2 is 1.96 bits per heavy atom. The lowest BCUT2D eigenvalue weighted by molar-refractivity contribution is 0.228. The summed E-state index contributed by atoms with van der Waals surface area (Å²) in [7, 11) is 1.51. The van der Waals surface area contributed by atoms with Crippen LogP contribution in [-0.2, 0) is 6.54 Å². The number of hydrogen-bond donors (Lipinski definition) is 2. The molecule has 5 nitrogen and oxygen atoms in total. The fraction of sp³-hybridized carbons (Fsp3) is 0.588. The number of phenols is 1. The zero-order valence-electron chi connectivity index (χ0n) is 14.0. The van der Waals surface area contributed by atoms with Crippen molar-refractivity contribution in [3.63, 3.8) is 0 Å². The smallest absolute Gasteiger partial charge is 0.326 e. The van der Waals surface area contributed by atoms with E-state index in [1.54, 1.807) is 21.3 Å². The van der Waals surface area contributed by atoms with Gasteiger partial charge in [-0.1, -0.05) is 45.1 Å². The topological polar surface area (TPSA) is 61.8 Å². The fourth-order valence-corrected chi connectivity index (χ4v) is 2.80. The number of nitrogens with zero attached hydrogens (tertiary/aromatic N) is 1. The van der Waals surface area contributed by atoms with Gasteiger partial charge in [0.1, 0.15) is 0 Å². The maximum absolute atomic E-state index is 12.0. The lowest BCUT2D eigenvalue weighted by Gasteiger charge is -2.16. The molecule has 0 aliphatic rings. The van der Waals surface area contributed by atoms with Crippen LogP contribution in [0.4, 0.5) is 4.79 Å². The molecule has 2 N–H and O–H groups in total. The van der Waals surface area contributed by atoms with Crippen molar-refractivity contribution in [1.82, 2.24) is 8.43 Å². The van der Waals surface area contributed by atoms with E-state index in [9.17, 15) is 9.90 Å². The number of carbonyl (C=O) groups is 1. The van der Waals surface area contributed by atoms with E-state index in [0.29, 0.717) is 18.8 Å². The van der Waals surface area contributed by atoms with Crippen LogP contribution < -0.4 is 10.1 Å². The third-order valence-corrected chi connectivity index (χ3v) is 4.37. The first kappa shape index (κ1) is 19.9. The highest BCUT2D eigenvalue weighted by Crippen LogP contribution is 2.27. The van der Waals surface area contributed by atoms with Crippen LogP contribution in [0.15, 0.2) is 18.2 Å². The summed E-state index contributed by atoms with van der Waals surface area (Å²) in [6.07, 6.45) is 7.26. The molecule has 0 atom stereocenters. The summed E-state index contributed by atoms with van der Waals surface area (Å²) < 4.78 is 6.67. The normalized spacial score (nSPS) is 10.4. The number of urea groups is 1. The quantitative estimate of drug-likeness (QED) is 0.321. The Labute approximate surface area is 152 Å². The standard InChI is InChI=1S/C17H27IN2O3/c1-3-4-5-6-7-8-11-19-17(22)20(18)13-14-9-10-15(21)16(12-14)23-2/h9-10,12,21H,3-8,11,13H2,1-2H3,(H,19,22). The second-order valence-corrected chi connectivity index (χ2v) is 6.69. The van der Waals surface area contributed by atoms with Crippen molar-refractivity contribution < 1.29 is 14.6 Å². The highest BCUT2D eigenvalue weighted by molar-refractivity contribution is 14.1. The number of ether oxygens (including phenoxy) is 1. The van der Waals surface area contributed by atoms with Gasteiger partial charge in [0.05, 0.1) is 36.5 Å². The van der Waals surface area contributed by atoms with Crippen molar-refractivity contribution in [2.75, 3.05) is 13.7 Å². The van der Waals surface area contributed by atoms with Crippen molar-refractivity contribution >= 4 is 28.9 Å². The Kier molecular flexibility index (Phi) is 9.82. The van der Waals surface area contributed by atoms with Crippen LogP contribution in [0.1, 0.15) is 51.0 Å². The number of rotatable bonds is 10. The predicted octanol–water partition coefficient (Wildman–Crippen LogP) is 4.62. The average Bonchev–Trinajstić information content (AvgIpc) is 2.55. The van der Waals surface area contributed by atoms with E-state index in [0.717, 1.165) is 18.4 Å². The van der Waals surface area contributed by atoms with Gasteiger partial charge in [-0.05, 0) is 24.1 Å². The molecular formula is C17H27IN2O3. The molecule has 1 aromatic rings. The van der Waals surface area contributed by atoms with Crippen LogP contribution in [0.25, 0.3) is 0 Å². The Balaban J connectivity index is 2.28. The molecule has 0 bridgehead atoms. The summed E-state index contributed by atoms with van der Waals surface area (Å²) in [5, 5.41) is 12.5. The largest absolute Gasteiger partial charge is 0.504 e. The van der Waals surface area contributed by atoms with Gasteiger partial charge in [0.15, 0.2) is 11.5 Å². The second kappa shape index (κ2) is 11.4. The molecular weight excluding hydrogens is 407 g/mol. The van der Waals surface area contributed by atoms with Gasteiger partial charge in [0.2, 0.25) is 0 Å². The van der Waals surface area contributed by atoms with Gasteiger partial charge < -0.3 is 15.2 Å². The molecule has 1 aromatic carbocycles. The molecule has 130 valence electrons. The van der Waals surface area contributed by atoms with Gasteiger partial charge >= 0.3 is 6.03 Å². The molecule has 6 heteroatoms. The van der Waals surface area contributed by atoms with Crippen molar-refractivity contribution in [3.8, 4) is 11.5 Å². The number of aromatic hydroxyl groups is 1. The summed E-state index contributed by atoms with van der Waals surface area (Å²) in [5.41, 5.74) is 0.906. The van der Waals surface area contributed by atoms with Gasteiger partial charge in [0.25, 0.3) is 0 Å². The number of halogens is 1. The van der Waals surface area contributed by atoms with Crippen molar-refractivity contribution in [1.29, 1.82) is 0 Å². The maximum Gasteiger partial charge on any atom is 0.326 e. The molecule has 0 radical (unpaired) electrons. The molecule has 0 spiro atoms. The predicted molar refractivity (Wildman–Crippen MR) is 101 cm³/mol. The zero-order valence-corrected chi connectivity index (χ0v) is 16.1. The molecule has 0 aromatic heterocycles. The number of benzene rings is 1. The highest BCUT2D eigenvalue weighted by Gasteiger charge is 2.11. The first-order valence-corrected chi connectivity index (χ1v) is 9.12. The third-order valence-electron chi connectivity index (χ3n) is 3.59. The Morgan fingerprint density at radius 3 is 2.65 bits per heavy atom. The first-order chi connectivity index (χ1) is 11.1. The maximum atomic E-state index is 12.0. The number of hydrogen-bond acceptors (Lipinski definition) is 3. The van der Waals surface area contributed by atoms with Crippen molar-refractivity contribution in [3.05, 3.63) is 23.8 Å². The van der Waals surface area contributed by atoms with E-state index in [2.05, 4.69) is 12.2 Å². The number of unbranched alkanes of at least 4 members (excludes halogenated alkanes) is 5. The van der Waals surface area contributed by atoms with Crippen LogP contribution >= 0.6 is 22.9 Å². The van der Waals surface area contributed by atoms with E-state index < -0.39 is 0 Å². The van der Waals surface area contributed by atoms with Crippen LogP contribution in [-0.4, -0.2) is 27.9 Å². The monoisotopic (exact) mass is 434 g/mol. The third kappa shape index (κ3) is 7.76. The summed E-state index contributed by atoms with van der Waals surface area (Å²) in [5.74, 6) is 0.517. The Morgan fingerprint density at radius 1 is 1.26 bits per heavy atom. The van der Waals surface area contributed by atoms with Crippen LogP contribution in [0.3, 0.4) is 0 Å². The minimum absolute atomic E-state index is 0.0915. The average molecular weight is 434 g/mol. The number of phenolic OH excluding ortho intramolecular Hbond substituents is 1. The van der Waals surface area contributed by atoms with E-state index in [1.165, 1.54) is 32.8 Å². The number of methoxy groups -OCH3 is 1. The van der Waals surface area contributed by atoms with Gasteiger partial charge in [-0.2, -0.15) is 0 Å². The van der Waals surface area contributed by atoms with Gasteiger partial charge in [-0.15, -0.1) is 0 Å². The minimum atomic E-state index is -0.0915. The molecule has 1 rings (SSSR count). The SMILES string of the molecule is CCCCCCCCNC(=O)N(I)Cc1ccc(O)c(OC)c1. The van der Waals surface area contributed by atoms with E-state index in [-0.39, 0.29) is 11.8 Å². The summed E-state index contributed by atoms with van der Waals surface area (Å²) in [4.78, 5) is 12.0. The summed E-state index contributed by atoms with van der Waals surface area (Å²) in [6, 6.07) is 5.01. The minimum Gasteiger partial charge on any atom is -0.504 e. The molecule has 23 heavy (non-hydrogen) atoms. The van der Waals surface area contributed by atoms with Crippen LogP contribution in [0.2, 0.25) is 0 Å². The van der Waals surface area contributed by atoms with Gasteiger partial charge in [-0.3, -0.25) is 3.11 Å². The Hall–Kier alpha value is -1.18. The number of carbonyl (C=O) groups excluding carboxylic acids is 1. The fourth-order valence-electron chi connectivity index (χ4n) is 2.24. The lowest BCUT2D eigenvalue weighted by atomic mass is 10.1. The molecule has 0 fully saturated rings. The molecule has 0 unspecified atom stereocenters. The summed E-state index contributed by atoms with van der Waals surface area (Å²) >= 11 is 2.00. The molecule has 2 amide bonds. The molecule has 0 heterocycles. The Bertz CT molecular complexity index is 483. The molecule has 0 aliphatic carbocycles. The number of nitrogens with one attached hydrogen (secondary N) is 1. The number of amides is 2. The molecule has 0 aliphatic heterocycles. The van der Waals surface area contributed by atoms with E-state index in [4.69, 9.17) is 4.74 Å². The van der Waals surface area contributed by atoms with Crippen molar-refractivity contribution in [2.45, 2.75) is 52.0 Å². The van der Waals surface area contributed by atoms with Crippen LogP contribution in [0.5, 0.6) is 11.5 Å². The van der Waals surface area contributed by atoms with E-state index in [1.807, 2.05) is 22.9 Å². The zero-order chi connectivity index (χ0) is 17.1.